The van der Waals surface area contributed by atoms with E-state index < -0.39 is 5.82 Å². The van der Waals surface area contributed by atoms with E-state index >= 15 is 0 Å². The minimum absolute atomic E-state index is 0.00686. The first-order chi connectivity index (χ1) is 13.2. The number of amides is 2. The summed E-state index contributed by atoms with van der Waals surface area (Å²) in [6, 6.07) is 4.31. The molecule has 1 aromatic rings. The Labute approximate surface area is 166 Å². The van der Waals surface area contributed by atoms with Crippen LogP contribution in [0.1, 0.15) is 56.8 Å². The van der Waals surface area contributed by atoms with E-state index in [0.717, 1.165) is 25.7 Å². The highest BCUT2D eigenvalue weighted by Crippen LogP contribution is 2.24. The van der Waals surface area contributed by atoms with E-state index in [9.17, 15) is 14.0 Å². The Morgan fingerprint density at radius 2 is 1.82 bits per heavy atom. The zero-order chi connectivity index (χ0) is 20.7. The van der Waals surface area contributed by atoms with Gasteiger partial charge in [-0.3, -0.25) is 9.59 Å². The van der Waals surface area contributed by atoms with Gasteiger partial charge in [0.05, 0.1) is 13.7 Å². The Bertz CT molecular complexity index is 680. The molecule has 0 aromatic heterocycles. The van der Waals surface area contributed by atoms with Crippen LogP contribution in [0.2, 0.25) is 0 Å². The molecule has 1 aliphatic carbocycles. The van der Waals surface area contributed by atoms with Crippen molar-refractivity contribution in [3.8, 4) is 5.75 Å². The molecule has 0 unspecified atom stereocenters. The molecule has 1 aromatic carbocycles. The minimum atomic E-state index is -0.494. The summed E-state index contributed by atoms with van der Waals surface area (Å²) in [6.45, 7) is 6.78. The molecule has 3 N–H and O–H groups in total. The second kappa shape index (κ2) is 9.87. The summed E-state index contributed by atoms with van der Waals surface area (Å²) in [4.78, 5) is 24.2. The second-order valence-electron chi connectivity index (χ2n) is 8.49. The van der Waals surface area contributed by atoms with Gasteiger partial charge < -0.3 is 20.7 Å². The highest BCUT2D eigenvalue weighted by Gasteiger charge is 2.23. The fourth-order valence-electron chi connectivity index (χ4n) is 3.42. The normalized spacial score (nSPS) is 19.8. The SMILES string of the molecule is COc1cc(F)cc(C(=O)NCC2CCC(NCC(=O)NC(C)(C)C)CC2)c1. The maximum atomic E-state index is 13.5. The predicted molar refractivity (Wildman–Crippen MR) is 107 cm³/mol. The van der Waals surface area contributed by atoms with E-state index in [1.807, 2.05) is 20.8 Å². The first-order valence-corrected chi connectivity index (χ1v) is 9.83. The number of hydrogen-bond acceptors (Lipinski definition) is 4. The molecule has 2 rings (SSSR count). The lowest BCUT2D eigenvalue weighted by Gasteiger charge is -2.29. The predicted octanol–water partition coefficient (Wildman–Crippen LogP) is 2.63. The van der Waals surface area contributed by atoms with Crippen molar-refractivity contribution in [2.24, 2.45) is 5.92 Å². The first-order valence-electron chi connectivity index (χ1n) is 9.83. The molecule has 28 heavy (non-hydrogen) atoms. The molecule has 0 radical (unpaired) electrons. The smallest absolute Gasteiger partial charge is 0.251 e. The molecule has 156 valence electrons. The number of hydrogen-bond donors (Lipinski definition) is 3. The molecular formula is C21H32FN3O3. The number of rotatable bonds is 7. The van der Waals surface area contributed by atoms with Crippen LogP contribution in [0.4, 0.5) is 4.39 Å². The number of nitrogens with one attached hydrogen (secondary N) is 3. The van der Waals surface area contributed by atoms with Gasteiger partial charge in [-0.1, -0.05) is 0 Å². The minimum Gasteiger partial charge on any atom is -0.497 e. The molecule has 0 atom stereocenters. The third kappa shape index (κ3) is 7.46. The first kappa shape index (κ1) is 22.1. The Morgan fingerprint density at radius 3 is 2.43 bits per heavy atom. The number of halogens is 1. The molecule has 0 spiro atoms. The zero-order valence-corrected chi connectivity index (χ0v) is 17.2. The molecule has 0 saturated heterocycles. The second-order valence-corrected chi connectivity index (χ2v) is 8.49. The largest absolute Gasteiger partial charge is 0.497 e. The summed E-state index contributed by atoms with van der Waals surface area (Å²) >= 11 is 0. The fourth-order valence-corrected chi connectivity index (χ4v) is 3.42. The van der Waals surface area contributed by atoms with Crippen LogP contribution in [0.15, 0.2) is 18.2 Å². The van der Waals surface area contributed by atoms with E-state index in [0.29, 0.717) is 30.8 Å². The third-order valence-electron chi connectivity index (χ3n) is 4.83. The molecule has 2 amide bonds. The van der Waals surface area contributed by atoms with Crippen molar-refractivity contribution in [1.82, 2.24) is 16.0 Å². The zero-order valence-electron chi connectivity index (χ0n) is 17.2. The van der Waals surface area contributed by atoms with Gasteiger partial charge in [0.15, 0.2) is 0 Å². The Morgan fingerprint density at radius 1 is 1.14 bits per heavy atom. The standard InChI is InChI=1S/C21H32FN3O3/c1-21(2,3)25-19(26)13-23-17-7-5-14(6-8-17)12-24-20(27)15-9-16(22)11-18(10-15)28-4/h9-11,14,17,23H,5-8,12-13H2,1-4H3,(H,24,27)(H,25,26). The third-order valence-corrected chi connectivity index (χ3v) is 4.83. The van der Waals surface area contributed by atoms with Crippen molar-refractivity contribution >= 4 is 11.8 Å². The van der Waals surface area contributed by atoms with E-state index in [-0.39, 0.29) is 22.9 Å². The van der Waals surface area contributed by atoms with E-state index in [1.54, 1.807) is 0 Å². The van der Waals surface area contributed by atoms with E-state index in [1.165, 1.54) is 25.3 Å². The number of ether oxygens (including phenoxy) is 1. The van der Waals surface area contributed by atoms with Crippen LogP contribution in [0.3, 0.4) is 0 Å². The molecule has 0 aliphatic heterocycles. The van der Waals surface area contributed by atoms with Gasteiger partial charge in [-0.15, -0.1) is 0 Å². The van der Waals surface area contributed by atoms with Gasteiger partial charge in [0.1, 0.15) is 11.6 Å². The molecule has 6 nitrogen and oxygen atoms in total. The van der Waals surface area contributed by atoms with Crippen molar-refractivity contribution in [3.63, 3.8) is 0 Å². The summed E-state index contributed by atoms with van der Waals surface area (Å²) in [6.07, 6.45) is 3.89. The maximum Gasteiger partial charge on any atom is 0.251 e. The Kier molecular flexibility index (Phi) is 7.80. The van der Waals surface area contributed by atoms with E-state index in [4.69, 9.17) is 4.74 Å². The Balaban J connectivity index is 1.70. The number of methoxy groups -OCH3 is 1. The van der Waals surface area contributed by atoms with Gasteiger partial charge >= 0.3 is 0 Å². The van der Waals surface area contributed by atoms with Crippen molar-refractivity contribution in [2.75, 3.05) is 20.2 Å². The van der Waals surface area contributed by atoms with Crippen LogP contribution >= 0.6 is 0 Å². The van der Waals surface area contributed by atoms with Gasteiger partial charge in [-0.25, -0.2) is 4.39 Å². The monoisotopic (exact) mass is 393 g/mol. The molecule has 1 fully saturated rings. The number of carbonyl (C=O) groups is 2. The van der Waals surface area contributed by atoms with Gasteiger partial charge in [-0.05, 0) is 64.5 Å². The lowest BCUT2D eigenvalue weighted by Crippen LogP contribution is -2.47. The molecule has 7 heteroatoms. The summed E-state index contributed by atoms with van der Waals surface area (Å²) in [5.41, 5.74) is 0.0393. The van der Waals surface area contributed by atoms with E-state index in [2.05, 4.69) is 16.0 Å². The topological polar surface area (TPSA) is 79.5 Å². The van der Waals surface area contributed by atoms with Crippen LogP contribution < -0.4 is 20.7 Å². The highest BCUT2D eigenvalue weighted by atomic mass is 19.1. The van der Waals surface area contributed by atoms with Crippen molar-refractivity contribution in [2.45, 2.75) is 58.0 Å². The fraction of sp³-hybridized carbons (Fsp3) is 0.619. The van der Waals surface area contributed by atoms with Gasteiger partial charge in [0.2, 0.25) is 5.91 Å². The Hall–Kier alpha value is -2.15. The molecule has 0 bridgehead atoms. The number of carbonyl (C=O) groups excluding carboxylic acids is 2. The van der Waals surface area contributed by atoms with Crippen LogP contribution in [0, 0.1) is 11.7 Å². The summed E-state index contributed by atoms with van der Waals surface area (Å²) in [7, 11) is 1.44. The van der Waals surface area contributed by atoms with Crippen LogP contribution in [0.5, 0.6) is 5.75 Å². The maximum absolute atomic E-state index is 13.5. The van der Waals surface area contributed by atoms with Crippen LogP contribution in [-0.4, -0.2) is 43.6 Å². The molecule has 1 aliphatic rings. The average Bonchev–Trinajstić information content (AvgIpc) is 2.63. The van der Waals surface area contributed by atoms with Gasteiger partial charge in [0.25, 0.3) is 5.91 Å². The lowest BCUT2D eigenvalue weighted by atomic mass is 9.86. The lowest BCUT2D eigenvalue weighted by molar-refractivity contribution is -0.121. The summed E-state index contributed by atoms with van der Waals surface area (Å²) in [5.74, 6) is -0.0658. The van der Waals surface area contributed by atoms with Crippen LogP contribution in [-0.2, 0) is 4.79 Å². The van der Waals surface area contributed by atoms with Gasteiger partial charge in [-0.2, -0.15) is 0 Å². The molecule has 1 saturated carbocycles. The quantitative estimate of drug-likeness (QED) is 0.665. The molecular weight excluding hydrogens is 361 g/mol. The molecule has 0 heterocycles. The average molecular weight is 394 g/mol. The van der Waals surface area contributed by atoms with Crippen molar-refractivity contribution < 1.29 is 18.7 Å². The van der Waals surface area contributed by atoms with Gasteiger partial charge in [0, 0.05) is 29.8 Å². The van der Waals surface area contributed by atoms with Crippen LogP contribution in [0.25, 0.3) is 0 Å². The summed E-state index contributed by atoms with van der Waals surface area (Å²) < 4.78 is 18.5. The van der Waals surface area contributed by atoms with Crippen molar-refractivity contribution in [3.05, 3.63) is 29.6 Å². The highest BCUT2D eigenvalue weighted by molar-refractivity contribution is 5.94. The summed E-state index contributed by atoms with van der Waals surface area (Å²) in [5, 5.41) is 9.15. The van der Waals surface area contributed by atoms with Crippen molar-refractivity contribution in [1.29, 1.82) is 0 Å². The number of benzene rings is 1.